The van der Waals surface area contributed by atoms with Gasteiger partial charge < -0.3 is 5.73 Å². The number of hydrogen-bond donors (Lipinski definition) is 1. The van der Waals surface area contributed by atoms with Gasteiger partial charge in [-0.05, 0) is 18.1 Å². The van der Waals surface area contributed by atoms with Crippen molar-refractivity contribution in [1.29, 1.82) is 0 Å². The molecular weight excluding hydrogens is 259 g/mol. The number of hydrogen-bond acceptors (Lipinski definition) is 1. The molecule has 0 fully saturated rings. The van der Waals surface area contributed by atoms with Crippen molar-refractivity contribution in [2.45, 2.75) is 19.1 Å². The van der Waals surface area contributed by atoms with Gasteiger partial charge in [-0.15, -0.1) is 0 Å². The first-order valence-corrected chi connectivity index (χ1v) is 4.70. The first-order chi connectivity index (χ1) is 6.34. The van der Waals surface area contributed by atoms with E-state index < -0.39 is 12.2 Å². The second-order valence-corrected chi connectivity index (χ2v) is 3.79. The molecule has 14 heavy (non-hydrogen) atoms. The predicted octanol–water partition coefficient (Wildman–Crippen LogP) is 3.32. The minimum absolute atomic E-state index is 0.0671. The summed E-state index contributed by atoms with van der Waals surface area (Å²) in [4.78, 5) is 0. The molecule has 0 unspecified atom stereocenters. The van der Waals surface area contributed by atoms with Crippen LogP contribution in [0.3, 0.4) is 0 Å². The zero-order valence-corrected chi connectivity index (χ0v) is 8.98. The fourth-order valence-electron chi connectivity index (χ4n) is 1.09. The van der Waals surface area contributed by atoms with Gasteiger partial charge in [-0.2, -0.15) is 13.2 Å². The predicted molar refractivity (Wildman–Crippen MR) is 51.9 cm³/mol. The molecule has 0 saturated carbocycles. The molecule has 0 radical (unpaired) electrons. The Balaban J connectivity index is 3.14. The second kappa shape index (κ2) is 3.90. The maximum absolute atomic E-state index is 12.3. The molecule has 1 rings (SSSR count). The highest BCUT2D eigenvalue weighted by atomic mass is 79.9. The Morgan fingerprint density at radius 3 is 2.43 bits per heavy atom. The summed E-state index contributed by atoms with van der Waals surface area (Å²) in [6.07, 6.45) is -4.41. The average molecular weight is 268 g/mol. The minimum atomic E-state index is -4.41. The maximum Gasteiger partial charge on any atom is 0.407 e. The quantitative estimate of drug-likeness (QED) is 0.830. The number of halogens is 4. The zero-order chi connectivity index (χ0) is 10.9. The molecule has 0 spiro atoms. The summed E-state index contributed by atoms with van der Waals surface area (Å²) in [6.45, 7) is 1.72. The van der Waals surface area contributed by atoms with E-state index in [0.29, 0.717) is 4.47 Å². The van der Waals surface area contributed by atoms with Crippen LogP contribution in [0.5, 0.6) is 0 Å². The smallest absolute Gasteiger partial charge is 0.316 e. The molecular formula is C9H9BrF3N. The Kier molecular flexibility index (Phi) is 3.21. The van der Waals surface area contributed by atoms with Crippen LogP contribution in [0.2, 0.25) is 0 Å². The van der Waals surface area contributed by atoms with Gasteiger partial charge in [-0.25, -0.2) is 0 Å². The monoisotopic (exact) mass is 267 g/mol. The van der Waals surface area contributed by atoms with Crippen molar-refractivity contribution >= 4 is 15.9 Å². The molecule has 0 amide bonds. The van der Waals surface area contributed by atoms with Gasteiger partial charge in [0.1, 0.15) is 6.04 Å². The first kappa shape index (κ1) is 11.5. The summed E-state index contributed by atoms with van der Waals surface area (Å²) in [7, 11) is 0. The standard InChI is InChI=1S/C9H9BrF3N/c1-5-3-2-4-6(7(5)10)8(14)9(11,12)13/h2-4,8H,14H2,1H3/t8-/m0/s1. The Labute approximate surface area is 88.2 Å². The summed E-state index contributed by atoms with van der Waals surface area (Å²) < 4.78 is 37.3. The highest BCUT2D eigenvalue weighted by Crippen LogP contribution is 2.35. The molecule has 78 valence electrons. The molecule has 0 aliphatic rings. The van der Waals surface area contributed by atoms with Gasteiger partial charge in [0, 0.05) is 4.47 Å². The number of benzene rings is 1. The average Bonchev–Trinajstić information content (AvgIpc) is 2.07. The van der Waals surface area contributed by atoms with Crippen LogP contribution in [0, 0.1) is 6.92 Å². The molecule has 2 N–H and O–H groups in total. The van der Waals surface area contributed by atoms with Gasteiger partial charge >= 0.3 is 6.18 Å². The van der Waals surface area contributed by atoms with Gasteiger partial charge in [0.25, 0.3) is 0 Å². The van der Waals surface area contributed by atoms with Gasteiger partial charge in [0.15, 0.2) is 0 Å². The molecule has 1 atom stereocenters. The van der Waals surface area contributed by atoms with Crippen LogP contribution in [-0.2, 0) is 0 Å². The van der Waals surface area contributed by atoms with Crippen LogP contribution < -0.4 is 5.73 Å². The molecule has 0 heterocycles. The van der Waals surface area contributed by atoms with Gasteiger partial charge in [0.2, 0.25) is 0 Å². The molecule has 1 aromatic rings. The molecule has 5 heteroatoms. The summed E-state index contributed by atoms with van der Waals surface area (Å²) in [6, 6.07) is 2.71. The van der Waals surface area contributed by atoms with Crippen molar-refractivity contribution in [2.24, 2.45) is 5.73 Å². The lowest BCUT2D eigenvalue weighted by Crippen LogP contribution is -2.28. The fourth-order valence-corrected chi connectivity index (χ4v) is 1.60. The Morgan fingerprint density at radius 1 is 1.36 bits per heavy atom. The van der Waals surface area contributed by atoms with E-state index in [9.17, 15) is 13.2 Å². The Hall–Kier alpha value is -0.550. The Morgan fingerprint density at radius 2 is 1.93 bits per heavy atom. The summed E-state index contributed by atoms with van der Waals surface area (Å²) in [5.74, 6) is 0. The van der Waals surface area contributed by atoms with E-state index in [4.69, 9.17) is 5.73 Å². The molecule has 0 aliphatic carbocycles. The topological polar surface area (TPSA) is 26.0 Å². The van der Waals surface area contributed by atoms with Crippen LogP contribution in [0.15, 0.2) is 22.7 Å². The van der Waals surface area contributed by atoms with E-state index in [1.54, 1.807) is 19.1 Å². The highest BCUT2D eigenvalue weighted by Gasteiger charge is 2.38. The molecule has 0 aromatic heterocycles. The van der Waals surface area contributed by atoms with Crippen molar-refractivity contribution in [2.75, 3.05) is 0 Å². The van der Waals surface area contributed by atoms with E-state index in [1.165, 1.54) is 6.07 Å². The van der Waals surface area contributed by atoms with Crippen LogP contribution in [0.1, 0.15) is 17.2 Å². The lowest BCUT2D eigenvalue weighted by Gasteiger charge is -2.18. The second-order valence-electron chi connectivity index (χ2n) is 3.00. The van der Waals surface area contributed by atoms with Crippen LogP contribution in [0.25, 0.3) is 0 Å². The van der Waals surface area contributed by atoms with Gasteiger partial charge in [-0.3, -0.25) is 0 Å². The number of rotatable bonds is 1. The third-order valence-corrected chi connectivity index (χ3v) is 2.99. The fraction of sp³-hybridized carbons (Fsp3) is 0.333. The van der Waals surface area contributed by atoms with E-state index in [0.717, 1.165) is 5.56 Å². The SMILES string of the molecule is Cc1cccc([C@H](N)C(F)(F)F)c1Br. The molecule has 0 saturated heterocycles. The molecule has 0 aliphatic heterocycles. The Bertz CT molecular complexity index is 335. The van der Waals surface area contributed by atoms with Crippen molar-refractivity contribution in [3.05, 3.63) is 33.8 Å². The zero-order valence-electron chi connectivity index (χ0n) is 7.40. The summed E-state index contributed by atoms with van der Waals surface area (Å²) in [5.41, 5.74) is 5.89. The lowest BCUT2D eigenvalue weighted by molar-refractivity contribution is -0.149. The largest absolute Gasteiger partial charge is 0.407 e. The number of alkyl halides is 3. The van der Waals surface area contributed by atoms with E-state index in [-0.39, 0.29) is 5.56 Å². The lowest BCUT2D eigenvalue weighted by atomic mass is 10.1. The van der Waals surface area contributed by atoms with Gasteiger partial charge in [-0.1, -0.05) is 34.1 Å². The number of aryl methyl sites for hydroxylation is 1. The first-order valence-electron chi connectivity index (χ1n) is 3.91. The van der Waals surface area contributed by atoms with E-state index in [2.05, 4.69) is 15.9 Å². The van der Waals surface area contributed by atoms with Crippen molar-refractivity contribution in [3.63, 3.8) is 0 Å². The van der Waals surface area contributed by atoms with Crippen molar-refractivity contribution in [3.8, 4) is 0 Å². The van der Waals surface area contributed by atoms with Crippen LogP contribution in [0.4, 0.5) is 13.2 Å². The molecule has 1 nitrogen and oxygen atoms in total. The maximum atomic E-state index is 12.3. The van der Waals surface area contributed by atoms with Crippen molar-refractivity contribution < 1.29 is 13.2 Å². The molecule has 1 aromatic carbocycles. The van der Waals surface area contributed by atoms with Crippen LogP contribution in [-0.4, -0.2) is 6.18 Å². The molecule has 0 bridgehead atoms. The van der Waals surface area contributed by atoms with Crippen molar-refractivity contribution in [1.82, 2.24) is 0 Å². The van der Waals surface area contributed by atoms with Crippen LogP contribution >= 0.6 is 15.9 Å². The minimum Gasteiger partial charge on any atom is -0.316 e. The highest BCUT2D eigenvalue weighted by molar-refractivity contribution is 9.10. The number of nitrogens with two attached hydrogens (primary N) is 1. The van der Waals surface area contributed by atoms with E-state index >= 15 is 0 Å². The van der Waals surface area contributed by atoms with E-state index in [1.807, 2.05) is 0 Å². The van der Waals surface area contributed by atoms with Gasteiger partial charge in [0.05, 0.1) is 0 Å². The summed E-state index contributed by atoms with van der Waals surface area (Å²) >= 11 is 3.09. The third-order valence-electron chi connectivity index (χ3n) is 1.91. The third kappa shape index (κ3) is 2.27. The summed E-state index contributed by atoms with van der Waals surface area (Å²) in [5, 5.41) is 0. The normalized spacial score (nSPS) is 14.1.